The fourth-order valence-electron chi connectivity index (χ4n) is 3.95. The van der Waals surface area contributed by atoms with E-state index in [2.05, 4.69) is 5.10 Å². The van der Waals surface area contributed by atoms with Crippen LogP contribution in [0, 0.1) is 0 Å². The largest absolute Gasteiger partial charge is 0.378 e. The van der Waals surface area contributed by atoms with Gasteiger partial charge >= 0.3 is 0 Å². The summed E-state index contributed by atoms with van der Waals surface area (Å²) in [6.07, 6.45) is 0. The Hall–Kier alpha value is -2.68. The zero-order chi connectivity index (χ0) is 20.9. The first kappa shape index (κ1) is 19.3. The second kappa shape index (κ2) is 7.23. The molecule has 0 radical (unpaired) electrons. The number of amides is 1. The zero-order valence-electron chi connectivity index (χ0n) is 15.9. The van der Waals surface area contributed by atoms with Crippen molar-refractivity contribution < 1.29 is 17.9 Å². The highest BCUT2D eigenvalue weighted by Gasteiger charge is 2.37. The number of fused-ring (bicyclic) bond motifs is 3. The summed E-state index contributed by atoms with van der Waals surface area (Å²) in [7, 11) is -3.59. The van der Waals surface area contributed by atoms with E-state index in [-0.39, 0.29) is 22.2 Å². The number of aromatic nitrogens is 2. The molecule has 0 saturated carbocycles. The molecule has 154 valence electrons. The molecule has 0 unspecified atom stereocenters. The lowest BCUT2D eigenvalue weighted by molar-refractivity contribution is 0.0298. The number of carbonyl (C=O) groups is 1. The van der Waals surface area contributed by atoms with E-state index in [1.807, 2.05) is 6.07 Å². The molecule has 0 N–H and O–H groups in total. The van der Waals surface area contributed by atoms with Crippen molar-refractivity contribution in [1.82, 2.24) is 14.7 Å². The molecule has 1 aromatic heterocycles. The molecule has 30 heavy (non-hydrogen) atoms. The Morgan fingerprint density at radius 3 is 2.60 bits per heavy atom. The van der Waals surface area contributed by atoms with Crippen LogP contribution >= 0.6 is 11.6 Å². The third kappa shape index (κ3) is 3.12. The van der Waals surface area contributed by atoms with Gasteiger partial charge in [-0.05, 0) is 24.3 Å². The number of morpholine rings is 1. The van der Waals surface area contributed by atoms with Crippen LogP contribution in [-0.2, 0) is 20.3 Å². The van der Waals surface area contributed by atoms with E-state index in [9.17, 15) is 13.2 Å². The highest BCUT2D eigenvalue weighted by atomic mass is 35.5. The maximum Gasteiger partial charge on any atom is 0.274 e. The third-order valence-corrected chi connectivity index (χ3v) is 7.28. The third-order valence-electron chi connectivity index (χ3n) is 5.35. The molecule has 3 aromatic rings. The summed E-state index contributed by atoms with van der Waals surface area (Å²) in [6.45, 7) is 1.79. The summed E-state index contributed by atoms with van der Waals surface area (Å²) in [5, 5.41) is 5.13. The number of ether oxygens (including phenoxy) is 1. The molecule has 0 atom stereocenters. The van der Waals surface area contributed by atoms with E-state index >= 15 is 0 Å². The standard InChI is InChI=1S/C21H18ClN3O4S/c22-14-4-3-5-15(12-14)25-20-16-6-1-2-7-18(16)30(27,28)13-17(20)19(23-25)21(26)24-8-10-29-11-9-24/h1-7,12H,8-11,13H2. The molecule has 2 aliphatic heterocycles. The average molecular weight is 444 g/mol. The minimum atomic E-state index is -3.59. The van der Waals surface area contributed by atoms with Gasteiger partial charge in [-0.3, -0.25) is 4.79 Å². The molecule has 7 nitrogen and oxygen atoms in total. The number of carbonyl (C=O) groups excluding carboxylic acids is 1. The molecular formula is C21H18ClN3O4S. The van der Waals surface area contributed by atoms with E-state index in [1.165, 1.54) is 0 Å². The van der Waals surface area contributed by atoms with Gasteiger partial charge in [-0.25, -0.2) is 13.1 Å². The molecule has 2 aliphatic rings. The number of rotatable bonds is 2. The van der Waals surface area contributed by atoms with Crippen LogP contribution in [-0.4, -0.2) is 55.3 Å². The summed E-state index contributed by atoms with van der Waals surface area (Å²) in [5.74, 6) is -0.560. The summed E-state index contributed by atoms with van der Waals surface area (Å²) in [5.41, 5.74) is 2.38. The molecule has 1 fully saturated rings. The SMILES string of the molecule is O=C(c1nn(-c2cccc(Cl)c2)c2c1CS(=O)(=O)c1ccccc1-2)N1CCOCC1. The number of hydrogen-bond donors (Lipinski definition) is 0. The van der Waals surface area contributed by atoms with E-state index in [1.54, 1.807) is 52.0 Å². The molecule has 1 amide bonds. The zero-order valence-corrected chi connectivity index (χ0v) is 17.5. The lowest BCUT2D eigenvalue weighted by Gasteiger charge is -2.26. The van der Waals surface area contributed by atoms with Crippen molar-refractivity contribution in [3.8, 4) is 16.9 Å². The van der Waals surface area contributed by atoms with E-state index in [0.717, 1.165) is 0 Å². The lowest BCUT2D eigenvalue weighted by atomic mass is 10.0. The Morgan fingerprint density at radius 1 is 1.07 bits per heavy atom. The summed E-state index contributed by atoms with van der Waals surface area (Å²) < 4.78 is 32.9. The van der Waals surface area contributed by atoms with Crippen LogP contribution in [0.2, 0.25) is 5.02 Å². The molecular weight excluding hydrogens is 426 g/mol. The Bertz CT molecular complexity index is 1260. The van der Waals surface area contributed by atoms with Gasteiger partial charge in [0.1, 0.15) is 0 Å². The number of nitrogens with zero attached hydrogens (tertiary/aromatic N) is 3. The fourth-order valence-corrected chi connectivity index (χ4v) is 5.73. The number of sulfone groups is 1. The van der Waals surface area contributed by atoms with Crippen LogP contribution in [0.25, 0.3) is 16.9 Å². The van der Waals surface area contributed by atoms with Crippen LogP contribution in [0.15, 0.2) is 53.4 Å². The van der Waals surface area contributed by atoms with Crippen molar-refractivity contribution in [2.75, 3.05) is 26.3 Å². The number of halogens is 1. The van der Waals surface area contributed by atoms with Gasteiger partial charge in [0.15, 0.2) is 15.5 Å². The van der Waals surface area contributed by atoms with Crippen molar-refractivity contribution in [3.05, 3.63) is 64.8 Å². The highest BCUT2D eigenvalue weighted by molar-refractivity contribution is 7.90. The lowest BCUT2D eigenvalue weighted by Crippen LogP contribution is -2.41. The number of benzene rings is 2. The van der Waals surface area contributed by atoms with Gasteiger partial charge in [0.25, 0.3) is 5.91 Å². The first-order valence-corrected chi connectivity index (χ1v) is 11.6. The van der Waals surface area contributed by atoms with Gasteiger partial charge in [-0.2, -0.15) is 5.10 Å². The van der Waals surface area contributed by atoms with Crippen LogP contribution in [0.1, 0.15) is 16.1 Å². The number of hydrogen-bond acceptors (Lipinski definition) is 5. The topological polar surface area (TPSA) is 81.5 Å². The van der Waals surface area contributed by atoms with Crippen molar-refractivity contribution in [1.29, 1.82) is 0 Å². The minimum absolute atomic E-state index is 0.157. The highest BCUT2D eigenvalue weighted by Crippen LogP contribution is 2.41. The van der Waals surface area contributed by atoms with Crippen molar-refractivity contribution >= 4 is 27.3 Å². The Kier molecular flexibility index (Phi) is 4.65. The summed E-state index contributed by atoms with van der Waals surface area (Å²) in [6, 6.07) is 13.9. The second-order valence-electron chi connectivity index (χ2n) is 7.23. The molecule has 2 aromatic carbocycles. The molecule has 0 aliphatic carbocycles. The smallest absolute Gasteiger partial charge is 0.274 e. The predicted octanol–water partition coefficient (Wildman–Crippen LogP) is 2.95. The molecule has 1 saturated heterocycles. The molecule has 5 rings (SSSR count). The van der Waals surface area contributed by atoms with E-state index < -0.39 is 9.84 Å². The van der Waals surface area contributed by atoms with Crippen molar-refractivity contribution in [3.63, 3.8) is 0 Å². The van der Waals surface area contributed by atoms with E-state index in [4.69, 9.17) is 16.3 Å². The molecule has 3 heterocycles. The van der Waals surface area contributed by atoms with Gasteiger partial charge in [0.05, 0.1) is 35.2 Å². The Balaban J connectivity index is 1.76. The van der Waals surface area contributed by atoms with Gasteiger partial charge in [0, 0.05) is 29.2 Å². The fraction of sp³-hybridized carbons (Fsp3) is 0.238. The van der Waals surface area contributed by atoms with Crippen LogP contribution < -0.4 is 0 Å². The van der Waals surface area contributed by atoms with Gasteiger partial charge in [-0.15, -0.1) is 0 Å². The Labute approximate surface area is 178 Å². The molecule has 9 heteroatoms. The van der Waals surface area contributed by atoms with Crippen molar-refractivity contribution in [2.24, 2.45) is 0 Å². The molecule has 0 spiro atoms. The summed E-state index contributed by atoms with van der Waals surface area (Å²) >= 11 is 6.19. The molecule has 0 bridgehead atoms. The monoisotopic (exact) mass is 443 g/mol. The van der Waals surface area contributed by atoms with Crippen LogP contribution in [0.5, 0.6) is 0 Å². The average Bonchev–Trinajstić information content (AvgIpc) is 3.12. The normalized spacial score (nSPS) is 17.3. The minimum Gasteiger partial charge on any atom is -0.378 e. The van der Waals surface area contributed by atoms with Gasteiger partial charge in [0.2, 0.25) is 0 Å². The van der Waals surface area contributed by atoms with Crippen LogP contribution in [0.3, 0.4) is 0 Å². The van der Waals surface area contributed by atoms with E-state index in [0.29, 0.717) is 53.8 Å². The Morgan fingerprint density at radius 2 is 1.83 bits per heavy atom. The maximum absolute atomic E-state index is 13.3. The quantitative estimate of drug-likeness (QED) is 0.608. The maximum atomic E-state index is 13.3. The van der Waals surface area contributed by atoms with Gasteiger partial charge in [-0.1, -0.05) is 35.9 Å². The first-order valence-electron chi connectivity index (χ1n) is 9.53. The first-order chi connectivity index (χ1) is 14.5. The second-order valence-corrected chi connectivity index (χ2v) is 9.62. The summed E-state index contributed by atoms with van der Waals surface area (Å²) in [4.78, 5) is 15.2. The van der Waals surface area contributed by atoms with Gasteiger partial charge < -0.3 is 9.64 Å². The van der Waals surface area contributed by atoms with Crippen molar-refractivity contribution in [2.45, 2.75) is 10.6 Å². The predicted molar refractivity (Wildman–Crippen MR) is 112 cm³/mol. The van der Waals surface area contributed by atoms with Crippen LogP contribution in [0.4, 0.5) is 0 Å².